The summed E-state index contributed by atoms with van der Waals surface area (Å²) in [5, 5.41) is 0. The molecule has 0 saturated carbocycles. The zero-order valence-electron chi connectivity index (χ0n) is 42.3. The lowest BCUT2D eigenvalue weighted by Gasteiger charge is -2.18. The van der Waals surface area contributed by atoms with E-state index in [1.54, 1.807) is 0 Å². The average molecular weight is 895 g/mol. The van der Waals surface area contributed by atoms with Crippen molar-refractivity contribution in [1.29, 1.82) is 0 Å². The van der Waals surface area contributed by atoms with Crippen LogP contribution in [0.3, 0.4) is 0 Å². The van der Waals surface area contributed by atoms with Gasteiger partial charge in [-0.25, -0.2) is 0 Å². The number of unbranched alkanes of at least 4 members (excludes halogenated alkanes) is 30. The van der Waals surface area contributed by atoms with Gasteiger partial charge in [-0.15, -0.1) is 0 Å². The highest BCUT2D eigenvalue weighted by atomic mass is 16.6. The Hall–Kier alpha value is -2.89. The highest BCUT2D eigenvalue weighted by molar-refractivity contribution is 5.71. The number of allylic oxidation sites excluding steroid dienone is 10. The number of carbonyl (C=O) groups excluding carboxylic acids is 3. The van der Waals surface area contributed by atoms with Crippen molar-refractivity contribution in [2.75, 3.05) is 13.2 Å². The zero-order chi connectivity index (χ0) is 46.5. The molecule has 1 unspecified atom stereocenters. The number of carbonyl (C=O) groups is 3. The topological polar surface area (TPSA) is 78.9 Å². The van der Waals surface area contributed by atoms with Crippen LogP contribution in [0, 0.1) is 0 Å². The normalized spacial score (nSPS) is 12.5. The third-order valence-electron chi connectivity index (χ3n) is 11.8. The third-order valence-corrected chi connectivity index (χ3v) is 11.8. The van der Waals surface area contributed by atoms with Crippen molar-refractivity contribution in [2.45, 2.75) is 277 Å². The summed E-state index contributed by atoms with van der Waals surface area (Å²) in [6.07, 6.45) is 65.1. The van der Waals surface area contributed by atoms with E-state index < -0.39 is 6.10 Å². The second kappa shape index (κ2) is 52.7. The highest BCUT2D eigenvalue weighted by Gasteiger charge is 2.19. The van der Waals surface area contributed by atoms with Gasteiger partial charge >= 0.3 is 17.9 Å². The maximum Gasteiger partial charge on any atom is 0.306 e. The second-order valence-corrected chi connectivity index (χ2v) is 18.2. The smallest absolute Gasteiger partial charge is 0.306 e. The number of esters is 3. The van der Waals surface area contributed by atoms with Gasteiger partial charge in [-0.05, 0) is 57.8 Å². The Morgan fingerprint density at radius 3 is 1.16 bits per heavy atom. The minimum absolute atomic E-state index is 0.0940. The number of hydrogen-bond acceptors (Lipinski definition) is 6. The molecule has 0 aromatic rings. The molecule has 0 fully saturated rings. The van der Waals surface area contributed by atoms with E-state index in [-0.39, 0.29) is 37.5 Å². The van der Waals surface area contributed by atoms with Crippen LogP contribution in [-0.2, 0) is 28.6 Å². The lowest BCUT2D eigenvalue weighted by atomic mass is 10.0. The molecule has 0 spiro atoms. The first-order valence-corrected chi connectivity index (χ1v) is 27.3. The van der Waals surface area contributed by atoms with Gasteiger partial charge in [-0.3, -0.25) is 14.4 Å². The Balaban J connectivity index is 4.40. The largest absolute Gasteiger partial charge is 0.462 e. The molecule has 0 N–H and O–H groups in total. The first kappa shape index (κ1) is 61.1. The SMILES string of the molecule is CC\C=C/C=C\C=C/CCCCCCCCCC(=O)OC(COC(=O)CC/C=C\C/C=C\CCCCCCCC)COC(=O)CCCCCCCCCCCCCCCCCCCC. The second-order valence-electron chi connectivity index (χ2n) is 18.2. The molecule has 0 saturated heterocycles. The Labute approximate surface area is 396 Å². The fourth-order valence-corrected chi connectivity index (χ4v) is 7.73. The van der Waals surface area contributed by atoms with Crippen LogP contribution in [-0.4, -0.2) is 37.2 Å². The van der Waals surface area contributed by atoms with Gasteiger partial charge in [-0.2, -0.15) is 0 Å². The Kier molecular flexibility index (Phi) is 50.4. The monoisotopic (exact) mass is 895 g/mol. The third kappa shape index (κ3) is 50.1. The van der Waals surface area contributed by atoms with Crippen LogP contribution in [0.15, 0.2) is 60.8 Å². The summed E-state index contributed by atoms with van der Waals surface area (Å²) in [6.45, 7) is 6.46. The van der Waals surface area contributed by atoms with Crippen LogP contribution in [0.4, 0.5) is 0 Å². The summed E-state index contributed by atoms with van der Waals surface area (Å²) >= 11 is 0. The molecule has 0 rings (SSSR count). The van der Waals surface area contributed by atoms with Gasteiger partial charge in [0.05, 0.1) is 0 Å². The average Bonchev–Trinajstić information content (AvgIpc) is 3.29. The molecule has 0 aliphatic heterocycles. The van der Waals surface area contributed by atoms with E-state index in [0.717, 1.165) is 64.2 Å². The van der Waals surface area contributed by atoms with Crippen LogP contribution in [0.25, 0.3) is 0 Å². The van der Waals surface area contributed by atoms with Crippen molar-refractivity contribution in [3.8, 4) is 0 Å². The van der Waals surface area contributed by atoms with Crippen molar-refractivity contribution in [3.05, 3.63) is 60.8 Å². The summed E-state index contributed by atoms with van der Waals surface area (Å²) in [5.74, 6) is -0.969. The fourth-order valence-electron chi connectivity index (χ4n) is 7.73. The van der Waals surface area contributed by atoms with Crippen molar-refractivity contribution in [2.24, 2.45) is 0 Å². The maximum atomic E-state index is 12.8. The predicted octanol–water partition coefficient (Wildman–Crippen LogP) is 18.0. The molecule has 0 aromatic carbocycles. The van der Waals surface area contributed by atoms with Crippen LogP contribution >= 0.6 is 0 Å². The van der Waals surface area contributed by atoms with Gasteiger partial charge in [0, 0.05) is 19.3 Å². The van der Waals surface area contributed by atoms with E-state index in [4.69, 9.17) is 14.2 Å². The predicted molar refractivity (Wildman–Crippen MR) is 275 cm³/mol. The fraction of sp³-hybridized carbons (Fsp3) is 0.776. The summed E-state index contributed by atoms with van der Waals surface area (Å²) in [4.78, 5) is 38.0. The molecule has 0 heterocycles. The van der Waals surface area contributed by atoms with E-state index in [0.29, 0.717) is 19.3 Å². The van der Waals surface area contributed by atoms with E-state index in [2.05, 4.69) is 75.5 Å². The summed E-state index contributed by atoms with van der Waals surface area (Å²) in [7, 11) is 0. The Morgan fingerprint density at radius 2 is 0.703 bits per heavy atom. The highest BCUT2D eigenvalue weighted by Crippen LogP contribution is 2.16. The lowest BCUT2D eigenvalue weighted by molar-refractivity contribution is -0.166. The molecular formula is C58H102O6. The van der Waals surface area contributed by atoms with Crippen LogP contribution in [0.1, 0.15) is 271 Å². The molecule has 370 valence electrons. The van der Waals surface area contributed by atoms with E-state index in [1.165, 1.54) is 161 Å². The van der Waals surface area contributed by atoms with Gasteiger partial charge in [0.1, 0.15) is 13.2 Å². The van der Waals surface area contributed by atoms with Crippen molar-refractivity contribution < 1.29 is 28.6 Å². The molecule has 0 aromatic heterocycles. The first-order chi connectivity index (χ1) is 31.5. The minimum Gasteiger partial charge on any atom is -0.462 e. The summed E-state index contributed by atoms with van der Waals surface area (Å²) in [6, 6.07) is 0. The zero-order valence-corrected chi connectivity index (χ0v) is 42.3. The summed E-state index contributed by atoms with van der Waals surface area (Å²) < 4.78 is 16.8. The number of rotatable bonds is 49. The minimum atomic E-state index is -0.801. The number of ether oxygens (including phenoxy) is 3. The molecule has 1 atom stereocenters. The van der Waals surface area contributed by atoms with Crippen LogP contribution < -0.4 is 0 Å². The Morgan fingerprint density at radius 1 is 0.344 bits per heavy atom. The number of hydrogen-bond donors (Lipinski definition) is 0. The van der Waals surface area contributed by atoms with Gasteiger partial charge in [0.15, 0.2) is 6.10 Å². The molecule has 0 amide bonds. The van der Waals surface area contributed by atoms with Crippen molar-refractivity contribution in [1.82, 2.24) is 0 Å². The molecule has 6 heteroatoms. The van der Waals surface area contributed by atoms with Gasteiger partial charge in [0.25, 0.3) is 0 Å². The standard InChI is InChI=1S/C58H102O6/c1-4-7-10-13-16-19-22-25-27-28-29-31-33-36-39-42-45-48-51-57(60)63-54-55(53-62-56(59)50-47-44-41-38-35-32-24-21-18-15-12-9-6-3)64-58(61)52-49-46-43-40-37-34-30-26-23-20-17-14-11-8-5-2/h8,11,14,17,20,23,32,35,41,44,55H,4-7,9-10,12-13,15-16,18-19,21-22,24-31,33-34,36-40,42-43,45-54H2,1-3H3/b11-8-,17-14-,23-20-,35-32-,44-41-. The maximum absolute atomic E-state index is 12.8. The van der Waals surface area contributed by atoms with Gasteiger partial charge in [0.2, 0.25) is 0 Å². The molecule has 64 heavy (non-hydrogen) atoms. The molecule has 0 bridgehead atoms. The Bertz CT molecular complexity index is 1170. The van der Waals surface area contributed by atoms with Crippen LogP contribution in [0.2, 0.25) is 0 Å². The first-order valence-electron chi connectivity index (χ1n) is 27.3. The molecule has 0 radical (unpaired) electrons. The van der Waals surface area contributed by atoms with Crippen molar-refractivity contribution >= 4 is 17.9 Å². The van der Waals surface area contributed by atoms with E-state index >= 15 is 0 Å². The molecule has 0 aliphatic rings. The van der Waals surface area contributed by atoms with Gasteiger partial charge in [-0.1, -0.05) is 255 Å². The molecular weight excluding hydrogens is 793 g/mol. The van der Waals surface area contributed by atoms with E-state index in [1.807, 2.05) is 6.08 Å². The van der Waals surface area contributed by atoms with Crippen molar-refractivity contribution in [3.63, 3.8) is 0 Å². The lowest BCUT2D eigenvalue weighted by Crippen LogP contribution is -2.30. The summed E-state index contributed by atoms with van der Waals surface area (Å²) in [5.41, 5.74) is 0. The van der Waals surface area contributed by atoms with E-state index in [9.17, 15) is 14.4 Å². The molecule has 0 aliphatic carbocycles. The van der Waals surface area contributed by atoms with Gasteiger partial charge < -0.3 is 14.2 Å². The molecule has 6 nitrogen and oxygen atoms in total. The van der Waals surface area contributed by atoms with Crippen LogP contribution in [0.5, 0.6) is 0 Å². The quantitative estimate of drug-likeness (QED) is 0.0199.